The van der Waals surface area contributed by atoms with Crippen molar-refractivity contribution < 1.29 is 8.78 Å². The van der Waals surface area contributed by atoms with Gasteiger partial charge in [0, 0.05) is 24.9 Å². The molecule has 4 heteroatoms. The Hall–Kier alpha value is -0.220. The maximum Gasteiger partial charge on any atom is 0.260 e. The van der Waals surface area contributed by atoms with Crippen LogP contribution in [0.1, 0.15) is 33.6 Å². The smallest absolute Gasteiger partial charge is 0.260 e. The van der Waals surface area contributed by atoms with Gasteiger partial charge in [0.15, 0.2) is 0 Å². The van der Waals surface area contributed by atoms with Gasteiger partial charge in [-0.3, -0.25) is 0 Å². The van der Waals surface area contributed by atoms with Gasteiger partial charge in [-0.15, -0.1) is 0 Å². The highest BCUT2D eigenvalue weighted by Crippen LogP contribution is 2.41. The van der Waals surface area contributed by atoms with E-state index < -0.39 is 5.92 Å². The summed E-state index contributed by atoms with van der Waals surface area (Å²) in [6.45, 7) is 8.89. The van der Waals surface area contributed by atoms with Gasteiger partial charge in [0.25, 0.3) is 5.92 Å². The first-order valence-electron chi connectivity index (χ1n) is 6.52. The first kappa shape index (κ1) is 14.8. The van der Waals surface area contributed by atoms with Crippen LogP contribution >= 0.6 is 0 Å². The standard InChI is InChI=1S/C9H16F2N2.C4H10/c1-13-3-2-8(7-13)4-9(10,11)6-12-5-8;1-4(2)3/h12H,2-7H2,1H3;4H,1-3H3. The molecule has 2 aliphatic heterocycles. The van der Waals surface area contributed by atoms with E-state index in [0.717, 1.165) is 32.0 Å². The summed E-state index contributed by atoms with van der Waals surface area (Å²) in [6, 6.07) is 0. The molecule has 102 valence electrons. The molecule has 2 heterocycles. The summed E-state index contributed by atoms with van der Waals surface area (Å²) < 4.78 is 26.3. The van der Waals surface area contributed by atoms with Gasteiger partial charge < -0.3 is 10.2 Å². The van der Waals surface area contributed by atoms with Crippen molar-refractivity contribution in [2.75, 3.05) is 33.2 Å². The summed E-state index contributed by atoms with van der Waals surface area (Å²) in [6.07, 6.45) is 0.976. The molecule has 0 bridgehead atoms. The number of nitrogens with one attached hydrogen (secondary N) is 1. The largest absolute Gasteiger partial charge is 0.311 e. The summed E-state index contributed by atoms with van der Waals surface area (Å²) >= 11 is 0. The van der Waals surface area contributed by atoms with Crippen LogP contribution in [0, 0.1) is 11.3 Å². The molecule has 2 rings (SSSR count). The second kappa shape index (κ2) is 5.61. The zero-order valence-corrected chi connectivity index (χ0v) is 11.5. The highest BCUT2D eigenvalue weighted by atomic mass is 19.3. The Bertz CT molecular complexity index is 237. The van der Waals surface area contributed by atoms with Crippen molar-refractivity contribution in [3.8, 4) is 0 Å². The number of likely N-dealkylation sites (tertiary alicyclic amines) is 1. The molecule has 1 atom stereocenters. The molecular weight excluding hydrogens is 222 g/mol. The normalized spacial score (nSPS) is 32.6. The second-order valence-electron chi connectivity index (χ2n) is 6.36. The van der Waals surface area contributed by atoms with Gasteiger partial charge in [-0.05, 0) is 25.9 Å². The summed E-state index contributed by atoms with van der Waals surface area (Å²) in [5, 5.41) is 2.85. The molecule has 1 N–H and O–H groups in total. The van der Waals surface area contributed by atoms with Crippen LogP contribution < -0.4 is 5.32 Å². The molecule has 0 amide bonds. The monoisotopic (exact) mass is 248 g/mol. The van der Waals surface area contributed by atoms with E-state index in [-0.39, 0.29) is 18.4 Å². The van der Waals surface area contributed by atoms with Crippen molar-refractivity contribution >= 4 is 0 Å². The Morgan fingerprint density at radius 1 is 1.18 bits per heavy atom. The van der Waals surface area contributed by atoms with Crippen LogP contribution in [0.5, 0.6) is 0 Å². The maximum absolute atomic E-state index is 13.1. The van der Waals surface area contributed by atoms with Crippen LogP contribution in [-0.4, -0.2) is 44.0 Å². The summed E-state index contributed by atoms with van der Waals surface area (Å²) in [5.41, 5.74) is -0.156. The van der Waals surface area contributed by atoms with Gasteiger partial charge in [0.2, 0.25) is 0 Å². The van der Waals surface area contributed by atoms with Gasteiger partial charge in [0.1, 0.15) is 0 Å². The van der Waals surface area contributed by atoms with Crippen LogP contribution in [-0.2, 0) is 0 Å². The lowest BCUT2D eigenvalue weighted by molar-refractivity contribution is -0.0655. The Morgan fingerprint density at radius 2 is 1.76 bits per heavy atom. The molecular formula is C13H26F2N2. The van der Waals surface area contributed by atoms with Crippen molar-refractivity contribution in [3.05, 3.63) is 0 Å². The highest BCUT2D eigenvalue weighted by Gasteiger charge is 2.48. The quantitative estimate of drug-likeness (QED) is 0.709. The minimum Gasteiger partial charge on any atom is -0.311 e. The van der Waals surface area contributed by atoms with Crippen LogP contribution in [0.25, 0.3) is 0 Å². The van der Waals surface area contributed by atoms with E-state index in [1.807, 2.05) is 7.05 Å². The second-order valence-corrected chi connectivity index (χ2v) is 6.36. The number of hydrogen-bond donors (Lipinski definition) is 1. The van der Waals surface area contributed by atoms with Crippen molar-refractivity contribution in [3.63, 3.8) is 0 Å². The predicted octanol–water partition coefficient (Wildman–Crippen LogP) is 2.60. The maximum atomic E-state index is 13.1. The van der Waals surface area contributed by atoms with Gasteiger partial charge >= 0.3 is 0 Å². The zero-order chi connectivity index (χ0) is 13.1. The van der Waals surface area contributed by atoms with Crippen molar-refractivity contribution in [2.45, 2.75) is 39.5 Å². The first-order chi connectivity index (χ1) is 7.75. The van der Waals surface area contributed by atoms with E-state index in [4.69, 9.17) is 0 Å². The lowest BCUT2D eigenvalue weighted by atomic mass is 9.78. The fourth-order valence-electron chi connectivity index (χ4n) is 2.63. The van der Waals surface area contributed by atoms with Crippen LogP contribution in [0.2, 0.25) is 0 Å². The molecule has 0 radical (unpaired) electrons. The summed E-state index contributed by atoms with van der Waals surface area (Å²) in [4.78, 5) is 2.14. The SMILES string of the molecule is CC(C)C.CN1CCC2(CNCC(F)(F)C2)C1. The van der Waals surface area contributed by atoms with Crippen molar-refractivity contribution in [1.82, 2.24) is 10.2 Å². The lowest BCUT2D eigenvalue weighted by Gasteiger charge is -2.38. The fraction of sp³-hybridized carbons (Fsp3) is 1.00. The topological polar surface area (TPSA) is 15.3 Å². The average Bonchev–Trinajstić information content (AvgIpc) is 2.43. The number of hydrogen-bond acceptors (Lipinski definition) is 2. The molecule has 1 spiro atoms. The fourth-order valence-corrected chi connectivity index (χ4v) is 2.63. The minimum absolute atomic E-state index is 0.0668. The Labute approximate surface area is 104 Å². The zero-order valence-electron chi connectivity index (χ0n) is 11.5. The molecule has 0 aromatic heterocycles. The van der Waals surface area contributed by atoms with E-state index in [2.05, 4.69) is 31.0 Å². The third-order valence-electron chi connectivity index (χ3n) is 3.15. The summed E-state index contributed by atoms with van der Waals surface area (Å²) in [5.74, 6) is -1.66. The summed E-state index contributed by atoms with van der Waals surface area (Å²) in [7, 11) is 2.00. The molecule has 0 saturated carbocycles. The third kappa shape index (κ3) is 4.88. The van der Waals surface area contributed by atoms with Gasteiger partial charge in [0.05, 0.1) is 6.54 Å². The lowest BCUT2D eigenvalue weighted by Crippen LogP contribution is -2.51. The molecule has 2 saturated heterocycles. The molecule has 2 nitrogen and oxygen atoms in total. The Balaban J connectivity index is 0.000000317. The van der Waals surface area contributed by atoms with Crippen molar-refractivity contribution in [2.24, 2.45) is 11.3 Å². The predicted molar refractivity (Wildman–Crippen MR) is 67.5 cm³/mol. The van der Waals surface area contributed by atoms with Gasteiger partial charge in [-0.25, -0.2) is 8.78 Å². The number of alkyl halides is 2. The third-order valence-corrected chi connectivity index (χ3v) is 3.15. The number of piperidine rings is 1. The average molecular weight is 248 g/mol. The number of rotatable bonds is 0. The minimum atomic E-state index is -2.50. The molecule has 0 aliphatic carbocycles. The van der Waals surface area contributed by atoms with Gasteiger partial charge in [-0.1, -0.05) is 20.8 Å². The first-order valence-corrected chi connectivity index (χ1v) is 6.52. The molecule has 2 fully saturated rings. The van der Waals surface area contributed by atoms with E-state index in [9.17, 15) is 8.78 Å². The van der Waals surface area contributed by atoms with Crippen molar-refractivity contribution in [1.29, 1.82) is 0 Å². The van der Waals surface area contributed by atoms with E-state index in [1.165, 1.54) is 0 Å². The van der Waals surface area contributed by atoms with E-state index in [0.29, 0.717) is 0 Å². The van der Waals surface area contributed by atoms with Crippen LogP contribution in [0.15, 0.2) is 0 Å². The molecule has 0 aromatic rings. The Morgan fingerprint density at radius 3 is 2.18 bits per heavy atom. The van der Waals surface area contributed by atoms with E-state index >= 15 is 0 Å². The van der Waals surface area contributed by atoms with Crippen LogP contribution in [0.4, 0.5) is 8.78 Å². The van der Waals surface area contributed by atoms with E-state index in [1.54, 1.807) is 0 Å². The molecule has 1 unspecified atom stereocenters. The number of halogens is 2. The molecule has 17 heavy (non-hydrogen) atoms. The molecule has 2 aliphatic rings. The van der Waals surface area contributed by atoms with Crippen LogP contribution in [0.3, 0.4) is 0 Å². The molecule has 0 aromatic carbocycles. The van der Waals surface area contributed by atoms with Gasteiger partial charge in [-0.2, -0.15) is 0 Å². The number of nitrogens with zero attached hydrogens (tertiary/aromatic N) is 1. The highest BCUT2D eigenvalue weighted by molar-refractivity contribution is 4.98. The Kier molecular flexibility index (Phi) is 4.90.